The molecule has 6 rings (SSSR count). The molecule has 12 atom stereocenters. The van der Waals surface area contributed by atoms with Gasteiger partial charge < -0.3 is 28.8 Å². The second-order valence-electron chi connectivity index (χ2n) is 16.9. The summed E-state index contributed by atoms with van der Waals surface area (Å²) in [5.41, 5.74) is -1.71. The van der Waals surface area contributed by atoms with Crippen LogP contribution in [0.15, 0.2) is 35.1 Å². The molecule has 4 aliphatic carbocycles. The monoisotopic (exact) mass is 654 g/mol. The first-order valence-electron chi connectivity index (χ1n) is 17.3. The Kier molecular flexibility index (Phi) is 8.05. The Morgan fingerprint density at radius 2 is 1.68 bits per heavy atom. The third-order valence-corrected chi connectivity index (χ3v) is 13.7. The lowest BCUT2D eigenvalue weighted by molar-refractivity contribution is -0.226. The Balaban J connectivity index is 1.49. The number of epoxide rings is 1. The average Bonchev–Trinajstić information content (AvgIpc) is 3.26. The molecule has 47 heavy (non-hydrogen) atoms. The van der Waals surface area contributed by atoms with Crippen LogP contribution in [0.5, 0.6) is 0 Å². The Labute approximate surface area is 279 Å². The van der Waals surface area contributed by atoms with Gasteiger partial charge in [-0.15, -0.1) is 0 Å². The van der Waals surface area contributed by atoms with Crippen LogP contribution in [0.2, 0.25) is 0 Å². The van der Waals surface area contributed by atoms with Crippen LogP contribution >= 0.6 is 0 Å². The van der Waals surface area contributed by atoms with Gasteiger partial charge in [0.25, 0.3) is 0 Å². The van der Waals surface area contributed by atoms with E-state index in [-0.39, 0.29) is 47.1 Å². The van der Waals surface area contributed by atoms with Crippen LogP contribution in [-0.2, 0) is 38.1 Å². The molecular weight excluding hydrogens is 600 g/mol. The van der Waals surface area contributed by atoms with Gasteiger partial charge in [0.15, 0.2) is 12.1 Å². The lowest BCUT2D eigenvalue weighted by Crippen LogP contribution is -2.70. The van der Waals surface area contributed by atoms with Crippen LogP contribution in [0.4, 0.5) is 0 Å². The van der Waals surface area contributed by atoms with Crippen LogP contribution in [0.1, 0.15) is 94.9 Å². The van der Waals surface area contributed by atoms with Crippen molar-refractivity contribution in [3.05, 3.63) is 35.1 Å². The fourth-order valence-corrected chi connectivity index (χ4v) is 11.2. The maximum Gasteiger partial charge on any atom is 0.333 e. The zero-order valence-corrected chi connectivity index (χ0v) is 30.0. The SMILES string of the molecule is C/C=C(\C)C(=O)O[C@@H]1C[C@]2(C)C(=CC[C@H]2[C@@H]2C[C@@H]([C@@H]3OC3(C)C)O[C@H]2OC)[C@@]2(C)[C@H]1[C@@]1(C)C(=O)C=C(O)C(C)(C)[C@@H]1C[C@H]2OC(C)=O. The highest BCUT2D eigenvalue weighted by Gasteiger charge is 2.74. The molecule has 2 saturated heterocycles. The number of methoxy groups -OCH3 is 1. The number of rotatable bonds is 6. The minimum atomic E-state index is -1.01. The standard InChI is InChI=1S/C38H54O9/c1-12-19(2)32(42)45-24-18-36(8)22(21-15-23(46-33(21)43-11)31-35(6,7)47-31)13-14-25(36)38(10)29(44-20(3)39)16-26-34(4,5)27(40)17-28(41)37(26,9)30(24)38/h12,14,17,21-24,26,29-31,33,40H,13,15-16,18H2,1-11H3/b19-12+/t21-,22-,23-,24+,26-,29+,30+,31-,33+,36-,37+,38+/m0/s1. The highest BCUT2D eigenvalue weighted by Crippen LogP contribution is 2.73. The van der Waals surface area contributed by atoms with Gasteiger partial charge >= 0.3 is 11.9 Å². The third kappa shape index (κ3) is 4.84. The highest BCUT2D eigenvalue weighted by molar-refractivity contribution is 5.97. The van der Waals surface area contributed by atoms with Crippen LogP contribution in [-0.4, -0.2) is 66.2 Å². The molecule has 9 heteroatoms. The molecule has 2 aliphatic heterocycles. The van der Waals surface area contributed by atoms with E-state index < -0.39 is 58.0 Å². The minimum absolute atomic E-state index is 0.00580. The number of aliphatic hydroxyl groups excluding tert-OH is 1. The van der Waals surface area contributed by atoms with Crippen molar-refractivity contribution in [2.24, 2.45) is 45.3 Å². The molecule has 2 heterocycles. The van der Waals surface area contributed by atoms with Crippen molar-refractivity contribution in [2.45, 2.75) is 131 Å². The van der Waals surface area contributed by atoms with Crippen molar-refractivity contribution < 1.29 is 43.2 Å². The van der Waals surface area contributed by atoms with Crippen molar-refractivity contribution in [3.8, 4) is 0 Å². The zero-order chi connectivity index (χ0) is 34.6. The van der Waals surface area contributed by atoms with E-state index in [2.05, 4.69) is 33.8 Å². The first-order valence-corrected chi connectivity index (χ1v) is 17.3. The third-order valence-electron chi connectivity index (χ3n) is 13.7. The van der Waals surface area contributed by atoms with Crippen molar-refractivity contribution in [1.29, 1.82) is 0 Å². The Morgan fingerprint density at radius 1 is 1.02 bits per heavy atom. The summed E-state index contributed by atoms with van der Waals surface area (Å²) in [4.78, 5) is 40.8. The number of carbonyl (C=O) groups excluding carboxylic acids is 3. The fourth-order valence-electron chi connectivity index (χ4n) is 11.2. The van der Waals surface area contributed by atoms with Gasteiger partial charge in [-0.05, 0) is 70.6 Å². The van der Waals surface area contributed by atoms with Gasteiger partial charge in [-0.2, -0.15) is 0 Å². The van der Waals surface area contributed by atoms with Crippen LogP contribution in [0, 0.1) is 45.3 Å². The summed E-state index contributed by atoms with van der Waals surface area (Å²) in [5.74, 6) is -1.74. The molecule has 0 aromatic heterocycles. The number of esters is 2. The maximum atomic E-state index is 14.3. The van der Waals surface area contributed by atoms with Gasteiger partial charge in [0.1, 0.15) is 24.1 Å². The molecule has 0 radical (unpaired) electrons. The highest BCUT2D eigenvalue weighted by atomic mass is 16.7. The smallest absolute Gasteiger partial charge is 0.333 e. The predicted molar refractivity (Wildman–Crippen MR) is 174 cm³/mol. The summed E-state index contributed by atoms with van der Waals surface area (Å²) in [6.45, 7) is 19.3. The summed E-state index contributed by atoms with van der Waals surface area (Å²) in [6, 6.07) is 0. The number of ether oxygens (including phenoxy) is 5. The second-order valence-corrected chi connectivity index (χ2v) is 16.9. The minimum Gasteiger partial charge on any atom is -0.512 e. The first-order chi connectivity index (χ1) is 21.8. The maximum absolute atomic E-state index is 14.3. The number of fused-ring (bicyclic) bond motifs is 5. The van der Waals surface area contributed by atoms with E-state index >= 15 is 0 Å². The van der Waals surface area contributed by atoms with E-state index in [1.807, 2.05) is 20.8 Å². The number of aliphatic hydroxyl groups is 1. The summed E-state index contributed by atoms with van der Waals surface area (Å²) in [5, 5.41) is 11.1. The summed E-state index contributed by atoms with van der Waals surface area (Å²) in [7, 11) is 1.69. The zero-order valence-electron chi connectivity index (χ0n) is 30.0. The molecule has 0 bridgehead atoms. The Morgan fingerprint density at radius 3 is 2.26 bits per heavy atom. The van der Waals surface area contributed by atoms with Crippen molar-refractivity contribution in [1.82, 2.24) is 0 Å². The van der Waals surface area contributed by atoms with E-state index in [9.17, 15) is 19.5 Å². The number of hydrogen-bond acceptors (Lipinski definition) is 9. The number of carbonyl (C=O) groups is 3. The van der Waals surface area contributed by atoms with Gasteiger partial charge in [-0.25, -0.2) is 4.79 Å². The summed E-state index contributed by atoms with van der Waals surface area (Å²) < 4.78 is 31.3. The van der Waals surface area contributed by atoms with Crippen LogP contribution < -0.4 is 0 Å². The van der Waals surface area contributed by atoms with E-state index in [1.165, 1.54) is 13.0 Å². The lowest BCUT2D eigenvalue weighted by atomic mass is 9.37. The molecule has 0 spiro atoms. The molecule has 9 nitrogen and oxygen atoms in total. The molecule has 2 saturated carbocycles. The van der Waals surface area contributed by atoms with Crippen LogP contribution in [0.3, 0.4) is 0 Å². The Hall–Kier alpha value is -2.49. The Bertz CT molecular complexity index is 1450. The molecule has 0 aromatic rings. The van der Waals surface area contributed by atoms with Crippen molar-refractivity contribution in [2.75, 3.05) is 7.11 Å². The normalized spacial score (nSPS) is 46.4. The van der Waals surface area contributed by atoms with Crippen LogP contribution in [0.25, 0.3) is 0 Å². The fraction of sp³-hybridized carbons (Fsp3) is 0.763. The number of ketones is 1. The van der Waals surface area contributed by atoms with Gasteiger partial charge in [-0.1, -0.05) is 52.3 Å². The molecule has 1 N–H and O–H groups in total. The second kappa shape index (κ2) is 11.0. The predicted octanol–water partition coefficient (Wildman–Crippen LogP) is 6.41. The van der Waals surface area contributed by atoms with E-state index in [0.29, 0.717) is 18.4 Å². The molecule has 260 valence electrons. The topological polar surface area (TPSA) is 121 Å². The van der Waals surface area contributed by atoms with E-state index in [0.717, 1.165) is 18.4 Å². The largest absolute Gasteiger partial charge is 0.512 e. The number of allylic oxidation sites excluding steroid dienone is 4. The lowest BCUT2D eigenvalue weighted by Gasteiger charge is -2.67. The summed E-state index contributed by atoms with van der Waals surface area (Å²) >= 11 is 0. The molecule has 6 aliphatic rings. The van der Waals surface area contributed by atoms with Crippen molar-refractivity contribution >= 4 is 17.7 Å². The molecular formula is C38H54O9. The van der Waals surface area contributed by atoms with E-state index in [4.69, 9.17) is 23.7 Å². The number of hydrogen-bond donors (Lipinski definition) is 1. The molecule has 0 unspecified atom stereocenters. The summed E-state index contributed by atoms with van der Waals surface area (Å²) in [6.07, 6.45) is 6.04. The quantitative estimate of drug-likeness (QED) is 0.150. The van der Waals surface area contributed by atoms with Gasteiger partial charge in [0.2, 0.25) is 0 Å². The molecule has 0 amide bonds. The van der Waals surface area contributed by atoms with E-state index in [1.54, 1.807) is 27.0 Å². The molecule has 4 fully saturated rings. The van der Waals surface area contributed by atoms with Gasteiger partial charge in [0, 0.05) is 53.8 Å². The average molecular weight is 655 g/mol. The van der Waals surface area contributed by atoms with Gasteiger partial charge in [0.05, 0.1) is 11.7 Å². The van der Waals surface area contributed by atoms with Gasteiger partial charge in [-0.3, -0.25) is 9.59 Å². The molecule has 0 aromatic carbocycles. The van der Waals surface area contributed by atoms with Crippen molar-refractivity contribution in [3.63, 3.8) is 0 Å². The first kappa shape index (κ1) is 34.4.